The van der Waals surface area contributed by atoms with Gasteiger partial charge in [-0.2, -0.15) is 0 Å². The van der Waals surface area contributed by atoms with E-state index in [9.17, 15) is 0 Å². The average molecular weight is 853 g/mol. The summed E-state index contributed by atoms with van der Waals surface area (Å²) in [6.07, 6.45) is 37.6. The summed E-state index contributed by atoms with van der Waals surface area (Å²) in [5.41, 5.74) is 25.8. The zero-order valence-electron chi connectivity index (χ0n) is 41.3. The molecule has 0 spiro atoms. The van der Waals surface area contributed by atoms with Gasteiger partial charge in [-0.1, -0.05) is 223 Å². The third-order valence-electron chi connectivity index (χ3n) is 15.4. The number of benzene rings is 4. The lowest BCUT2D eigenvalue weighted by atomic mass is 9.62. The van der Waals surface area contributed by atoms with Crippen molar-refractivity contribution in [1.82, 2.24) is 0 Å². The van der Waals surface area contributed by atoms with Gasteiger partial charge in [0.05, 0.1) is 0 Å². The Morgan fingerprint density at radius 3 is 1.13 bits per heavy atom. The van der Waals surface area contributed by atoms with Crippen LogP contribution in [-0.4, -0.2) is 0 Å². The molecule has 4 aromatic carbocycles. The number of aryl methyl sites for hydroxylation is 2. The number of nitrogens with two attached hydrogens (primary N) is 2. The van der Waals surface area contributed by atoms with Crippen LogP contribution in [0, 0.1) is 19.8 Å². The fraction of sp³-hybridized carbons (Fsp3) is 0.607. The summed E-state index contributed by atoms with van der Waals surface area (Å²) in [6.45, 7) is 11.5. The van der Waals surface area contributed by atoms with Crippen LogP contribution in [0.25, 0.3) is 0 Å². The van der Waals surface area contributed by atoms with Gasteiger partial charge in [-0.15, -0.1) is 0 Å². The quantitative estimate of drug-likeness (QED) is 0.0406. The van der Waals surface area contributed by atoms with E-state index in [0.29, 0.717) is 11.8 Å². The van der Waals surface area contributed by atoms with Gasteiger partial charge in [0.15, 0.2) is 0 Å². The van der Waals surface area contributed by atoms with Gasteiger partial charge >= 0.3 is 0 Å². The molecule has 0 saturated heterocycles. The van der Waals surface area contributed by atoms with Crippen molar-refractivity contribution in [1.29, 1.82) is 0 Å². The monoisotopic (exact) mass is 853 g/mol. The molecule has 0 amide bonds. The molecule has 2 unspecified atom stereocenters. The Bertz CT molecular complexity index is 1700. The number of rotatable bonds is 30. The van der Waals surface area contributed by atoms with E-state index >= 15 is 0 Å². The summed E-state index contributed by atoms with van der Waals surface area (Å²) in [7, 11) is 0. The van der Waals surface area contributed by atoms with Gasteiger partial charge in [0.25, 0.3) is 0 Å². The minimum Gasteiger partial charge on any atom is -0.399 e. The van der Waals surface area contributed by atoms with E-state index in [1.54, 1.807) is 0 Å². The zero-order valence-corrected chi connectivity index (χ0v) is 41.3. The lowest BCUT2D eigenvalue weighted by Crippen LogP contribution is -2.33. The third kappa shape index (κ3) is 15.6. The van der Waals surface area contributed by atoms with Gasteiger partial charge in [-0.05, 0) is 127 Å². The first kappa shape index (κ1) is 50.5. The molecule has 0 radical (unpaired) electrons. The van der Waals surface area contributed by atoms with Crippen molar-refractivity contribution in [3.63, 3.8) is 0 Å². The summed E-state index contributed by atoms with van der Waals surface area (Å²) in [5, 5.41) is 0. The van der Waals surface area contributed by atoms with Crippen LogP contribution in [0.15, 0.2) is 84.9 Å². The topological polar surface area (TPSA) is 52.0 Å². The summed E-state index contributed by atoms with van der Waals surface area (Å²) >= 11 is 0. The van der Waals surface area contributed by atoms with E-state index in [1.165, 1.54) is 224 Å². The fourth-order valence-electron chi connectivity index (χ4n) is 11.5. The molecule has 1 aliphatic carbocycles. The minimum absolute atomic E-state index is 0.0492. The lowest BCUT2D eigenvalue weighted by Gasteiger charge is -2.42. The molecule has 1 fully saturated rings. The molecule has 2 heteroatoms. The number of hydrogen-bond donors (Lipinski definition) is 2. The molecule has 1 aliphatic rings. The van der Waals surface area contributed by atoms with Crippen molar-refractivity contribution in [2.75, 3.05) is 11.5 Å². The predicted molar refractivity (Wildman–Crippen MR) is 278 cm³/mol. The van der Waals surface area contributed by atoms with Crippen molar-refractivity contribution < 1.29 is 0 Å². The molecule has 0 aliphatic heterocycles. The molecular weight excluding hydrogens is 761 g/mol. The molecule has 4 aromatic rings. The lowest BCUT2D eigenvalue weighted by molar-refractivity contribution is 0.253. The number of hydrogen-bond acceptors (Lipinski definition) is 2. The van der Waals surface area contributed by atoms with Gasteiger partial charge in [-0.3, -0.25) is 0 Å². The molecule has 346 valence electrons. The van der Waals surface area contributed by atoms with Gasteiger partial charge in [0.2, 0.25) is 0 Å². The minimum atomic E-state index is 0.0492. The van der Waals surface area contributed by atoms with Crippen LogP contribution in [0.5, 0.6) is 0 Å². The Morgan fingerprint density at radius 2 is 0.794 bits per heavy atom. The first-order valence-electron chi connectivity index (χ1n) is 26.7. The summed E-state index contributed by atoms with van der Waals surface area (Å²) in [6, 6.07) is 33.4. The van der Waals surface area contributed by atoms with Crippen LogP contribution < -0.4 is 11.5 Å². The molecule has 4 N–H and O–H groups in total. The normalized spacial score (nSPS) is 17.5. The van der Waals surface area contributed by atoms with E-state index in [-0.39, 0.29) is 5.41 Å². The van der Waals surface area contributed by atoms with E-state index in [0.717, 1.165) is 17.3 Å². The van der Waals surface area contributed by atoms with Crippen molar-refractivity contribution in [2.45, 2.75) is 232 Å². The summed E-state index contributed by atoms with van der Waals surface area (Å²) in [5.74, 6) is 1.64. The van der Waals surface area contributed by atoms with Crippen molar-refractivity contribution in [3.8, 4) is 0 Å². The first-order chi connectivity index (χ1) is 30.8. The van der Waals surface area contributed by atoms with E-state index in [1.807, 2.05) is 0 Å². The van der Waals surface area contributed by atoms with Crippen molar-refractivity contribution >= 4 is 11.4 Å². The van der Waals surface area contributed by atoms with Gasteiger partial charge in [-0.25, -0.2) is 0 Å². The number of unbranched alkanes of at least 4 members (excludes halogenated alkanes) is 18. The highest BCUT2D eigenvalue weighted by atomic mass is 14.5. The molecule has 2 nitrogen and oxygen atoms in total. The Balaban J connectivity index is 1.34. The van der Waals surface area contributed by atoms with Crippen LogP contribution in [-0.2, 0) is 5.41 Å². The second-order valence-corrected chi connectivity index (χ2v) is 20.3. The summed E-state index contributed by atoms with van der Waals surface area (Å²) < 4.78 is 0. The van der Waals surface area contributed by atoms with Crippen LogP contribution in [0.2, 0.25) is 0 Å². The smallest absolute Gasteiger partial charge is 0.0316 e. The third-order valence-corrected chi connectivity index (χ3v) is 15.4. The van der Waals surface area contributed by atoms with Gasteiger partial charge in [0, 0.05) is 28.6 Å². The fourth-order valence-corrected chi connectivity index (χ4v) is 11.5. The van der Waals surface area contributed by atoms with Crippen molar-refractivity contribution in [2.24, 2.45) is 5.92 Å². The van der Waals surface area contributed by atoms with Crippen LogP contribution in [0.3, 0.4) is 0 Å². The molecular formula is C61H92N2. The number of anilines is 2. The molecule has 2 atom stereocenters. The van der Waals surface area contributed by atoms with Crippen molar-refractivity contribution in [3.05, 3.63) is 129 Å². The Morgan fingerprint density at radius 1 is 0.444 bits per heavy atom. The summed E-state index contributed by atoms with van der Waals surface area (Å²) in [4.78, 5) is 0. The Kier molecular flexibility index (Phi) is 22.2. The molecule has 63 heavy (non-hydrogen) atoms. The standard InChI is InChI=1S/C61H92N2/c1-6-9-11-13-15-17-19-21-23-25-28-59(57-40-38-55(62)46-48(57)4)51-30-34-53(35-31-51)61(44-42-50(27-8-3)43-45-61)54-36-32-52(33-37-54)60(58-41-39-56(63)47-49(58)5)29-26-24-22-20-18-16-14-12-10-7-2/h30-41,46-47,50,59-60H,6-29,42-45,62-63H2,1-5H3. The van der Waals surface area contributed by atoms with E-state index in [2.05, 4.69) is 120 Å². The Hall–Kier alpha value is -3.52. The Labute approximate surface area is 388 Å². The SMILES string of the molecule is CCCCCCCCCCCCC(c1ccc(C2(c3ccc(C(CCCCCCCCCCCC)c4ccc(N)cc4C)cc3)CCC(CCC)CC2)cc1)c1ccc(N)cc1C. The molecule has 0 bridgehead atoms. The largest absolute Gasteiger partial charge is 0.399 e. The van der Waals surface area contributed by atoms with E-state index in [4.69, 9.17) is 11.5 Å². The van der Waals surface area contributed by atoms with Crippen LogP contribution in [0.1, 0.15) is 257 Å². The first-order valence-corrected chi connectivity index (χ1v) is 26.7. The van der Waals surface area contributed by atoms with Gasteiger partial charge < -0.3 is 11.5 Å². The predicted octanol–water partition coefficient (Wildman–Crippen LogP) is 18.6. The van der Waals surface area contributed by atoms with Crippen LogP contribution in [0.4, 0.5) is 11.4 Å². The molecule has 0 heterocycles. The maximum Gasteiger partial charge on any atom is 0.0316 e. The molecule has 0 aromatic heterocycles. The van der Waals surface area contributed by atoms with Crippen LogP contribution >= 0.6 is 0 Å². The number of nitrogen functional groups attached to an aromatic ring is 2. The van der Waals surface area contributed by atoms with Gasteiger partial charge in [0.1, 0.15) is 0 Å². The highest BCUT2D eigenvalue weighted by molar-refractivity contribution is 5.51. The van der Waals surface area contributed by atoms with E-state index < -0.39 is 0 Å². The highest BCUT2D eigenvalue weighted by Gasteiger charge is 2.38. The average Bonchev–Trinajstić information content (AvgIpc) is 3.29. The zero-order chi connectivity index (χ0) is 44.7. The second kappa shape index (κ2) is 27.7. The molecule has 1 saturated carbocycles. The highest BCUT2D eigenvalue weighted by Crippen LogP contribution is 2.48. The maximum atomic E-state index is 6.29. The molecule has 5 rings (SSSR count). The second-order valence-electron chi connectivity index (χ2n) is 20.3. The maximum absolute atomic E-state index is 6.29.